The Morgan fingerprint density at radius 1 is 0.920 bits per heavy atom. The number of benzene rings is 2. The summed E-state index contributed by atoms with van der Waals surface area (Å²) in [6.45, 7) is 1.37. The van der Waals surface area contributed by atoms with E-state index in [-0.39, 0.29) is 17.3 Å². The Kier molecular flexibility index (Phi) is 8.38. The number of rotatable bonds is 8. The second-order valence-corrected chi connectivity index (χ2v) is 7.68. The zero-order chi connectivity index (χ0) is 17.6. The molecule has 0 aliphatic heterocycles. The van der Waals surface area contributed by atoms with E-state index in [2.05, 4.69) is 0 Å². The first-order chi connectivity index (χ1) is 11.4. The van der Waals surface area contributed by atoms with Gasteiger partial charge in [-0.15, -0.1) is 12.4 Å². The Balaban J connectivity index is 0.00000312. The van der Waals surface area contributed by atoms with Gasteiger partial charge < -0.3 is 9.64 Å². The van der Waals surface area contributed by atoms with Crippen LogP contribution in [0.4, 0.5) is 0 Å². The molecule has 0 radical (unpaired) electrons. The third-order valence-corrected chi connectivity index (χ3v) is 5.57. The van der Waals surface area contributed by atoms with Gasteiger partial charge in [0, 0.05) is 19.6 Å². The van der Waals surface area contributed by atoms with Gasteiger partial charge in [-0.25, -0.2) is 8.42 Å². The first-order valence-electron chi connectivity index (χ1n) is 7.77. The average molecular weight is 385 g/mol. The zero-order valence-electron chi connectivity index (χ0n) is 14.8. The van der Waals surface area contributed by atoms with E-state index in [0.717, 1.165) is 5.56 Å². The number of likely N-dealkylation sites (N-methyl/N-ethyl adjacent to an activating group) is 1. The number of nitrogens with zero attached hydrogens (tertiary/aromatic N) is 2. The predicted octanol–water partition coefficient (Wildman–Crippen LogP) is 2.87. The molecule has 0 saturated carbocycles. The molecular formula is C18H25ClN2O3S. The Morgan fingerprint density at radius 2 is 1.52 bits per heavy atom. The van der Waals surface area contributed by atoms with Crippen molar-refractivity contribution in [1.82, 2.24) is 9.21 Å². The molecule has 0 aromatic heterocycles. The molecule has 0 fully saturated rings. The van der Waals surface area contributed by atoms with Crippen LogP contribution in [-0.2, 0) is 16.6 Å². The largest absolute Gasteiger partial charge is 0.495 e. The molecule has 138 valence electrons. The van der Waals surface area contributed by atoms with Crippen LogP contribution in [0.15, 0.2) is 59.5 Å². The second-order valence-electron chi connectivity index (χ2n) is 5.78. The third kappa shape index (κ3) is 5.71. The van der Waals surface area contributed by atoms with Crippen LogP contribution in [0, 0.1) is 0 Å². The lowest BCUT2D eigenvalue weighted by Crippen LogP contribution is -2.36. The van der Waals surface area contributed by atoms with Gasteiger partial charge >= 0.3 is 0 Å². The summed E-state index contributed by atoms with van der Waals surface area (Å²) in [5.74, 6) is 0.361. The van der Waals surface area contributed by atoms with E-state index in [9.17, 15) is 8.42 Å². The van der Waals surface area contributed by atoms with Crippen molar-refractivity contribution in [2.45, 2.75) is 11.4 Å². The zero-order valence-corrected chi connectivity index (χ0v) is 16.4. The normalized spacial score (nSPS) is 11.4. The van der Waals surface area contributed by atoms with Gasteiger partial charge in [-0.05, 0) is 31.8 Å². The number of para-hydroxylation sites is 1. The molecule has 2 aromatic rings. The summed E-state index contributed by atoms with van der Waals surface area (Å²) in [4.78, 5) is 2.16. The van der Waals surface area contributed by atoms with E-state index >= 15 is 0 Å². The number of methoxy groups -OCH3 is 1. The van der Waals surface area contributed by atoms with Crippen molar-refractivity contribution < 1.29 is 13.2 Å². The summed E-state index contributed by atoms with van der Waals surface area (Å²) in [5.41, 5.74) is 0.953. The van der Waals surface area contributed by atoms with E-state index < -0.39 is 10.0 Å². The maximum absolute atomic E-state index is 13.2. The van der Waals surface area contributed by atoms with Crippen LogP contribution in [0.1, 0.15) is 5.56 Å². The van der Waals surface area contributed by atoms with E-state index in [1.54, 1.807) is 24.3 Å². The molecule has 0 N–H and O–H groups in total. The van der Waals surface area contributed by atoms with Crippen molar-refractivity contribution in [3.8, 4) is 5.75 Å². The number of sulfonamides is 1. The van der Waals surface area contributed by atoms with Crippen molar-refractivity contribution in [2.24, 2.45) is 0 Å². The summed E-state index contributed by atoms with van der Waals surface area (Å²) >= 11 is 0. The molecule has 0 unspecified atom stereocenters. The lowest BCUT2D eigenvalue weighted by atomic mass is 10.2. The maximum Gasteiger partial charge on any atom is 0.247 e. The predicted molar refractivity (Wildman–Crippen MR) is 103 cm³/mol. The molecule has 0 atom stereocenters. The quantitative estimate of drug-likeness (QED) is 0.702. The fourth-order valence-electron chi connectivity index (χ4n) is 2.35. The van der Waals surface area contributed by atoms with Crippen LogP contribution in [0.25, 0.3) is 0 Å². The summed E-state index contributed by atoms with van der Waals surface area (Å²) in [7, 11) is 1.68. The molecular weight excluding hydrogens is 360 g/mol. The summed E-state index contributed by atoms with van der Waals surface area (Å²) in [6.07, 6.45) is 0. The van der Waals surface area contributed by atoms with Gasteiger partial charge in [0.05, 0.1) is 7.11 Å². The monoisotopic (exact) mass is 384 g/mol. The molecule has 2 aromatic carbocycles. The van der Waals surface area contributed by atoms with Crippen LogP contribution < -0.4 is 4.74 Å². The standard InChI is InChI=1S/C18H24N2O3S.ClH/c1-19(2)13-14-20(15-16-9-5-4-6-10-16)24(21,22)18-12-8-7-11-17(18)23-3;/h4-12H,13-15H2,1-3H3;1H. The van der Waals surface area contributed by atoms with Gasteiger partial charge in [-0.2, -0.15) is 4.31 Å². The molecule has 2 rings (SSSR count). The van der Waals surface area contributed by atoms with E-state index in [4.69, 9.17) is 4.74 Å². The number of halogens is 1. The van der Waals surface area contributed by atoms with Crippen molar-refractivity contribution in [2.75, 3.05) is 34.3 Å². The molecule has 5 nitrogen and oxygen atoms in total. The van der Waals surface area contributed by atoms with Crippen LogP contribution in [-0.4, -0.2) is 51.9 Å². The van der Waals surface area contributed by atoms with Crippen LogP contribution >= 0.6 is 12.4 Å². The Labute approximate surface area is 156 Å². The molecule has 0 heterocycles. The second kappa shape index (κ2) is 9.77. The fraction of sp³-hybridized carbons (Fsp3) is 0.333. The molecule has 0 spiro atoms. The molecule has 7 heteroatoms. The Bertz CT molecular complexity index is 752. The summed E-state index contributed by atoms with van der Waals surface area (Å²) in [6, 6.07) is 16.3. The van der Waals surface area contributed by atoms with Crippen LogP contribution in [0.3, 0.4) is 0 Å². The Morgan fingerprint density at radius 3 is 2.12 bits per heavy atom. The highest BCUT2D eigenvalue weighted by Crippen LogP contribution is 2.27. The topological polar surface area (TPSA) is 49.9 Å². The number of ether oxygens (including phenoxy) is 1. The van der Waals surface area contributed by atoms with Gasteiger partial charge in [0.25, 0.3) is 0 Å². The van der Waals surface area contributed by atoms with Gasteiger partial charge in [-0.1, -0.05) is 42.5 Å². The Hall–Kier alpha value is -1.60. The van der Waals surface area contributed by atoms with Crippen LogP contribution in [0.5, 0.6) is 5.75 Å². The van der Waals surface area contributed by atoms with Crippen molar-refractivity contribution in [3.63, 3.8) is 0 Å². The molecule has 0 saturated heterocycles. The van der Waals surface area contributed by atoms with Gasteiger partial charge in [0.2, 0.25) is 10.0 Å². The summed E-state index contributed by atoms with van der Waals surface area (Å²) in [5, 5.41) is 0. The highest BCUT2D eigenvalue weighted by Gasteiger charge is 2.27. The van der Waals surface area contributed by atoms with Crippen molar-refractivity contribution in [3.05, 3.63) is 60.2 Å². The first kappa shape index (κ1) is 21.4. The maximum atomic E-state index is 13.2. The number of hydrogen-bond acceptors (Lipinski definition) is 4. The number of hydrogen-bond donors (Lipinski definition) is 0. The van der Waals surface area contributed by atoms with Gasteiger partial charge in [0.1, 0.15) is 10.6 Å². The van der Waals surface area contributed by atoms with Crippen molar-refractivity contribution >= 4 is 22.4 Å². The van der Waals surface area contributed by atoms with Gasteiger partial charge in [0.15, 0.2) is 0 Å². The van der Waals surface area contributed by atoms with E-state index in [0.29, 0.717) is 25.4 Å². The molecule has 0 aliphatic carbocycles. The van der Waals surface area contributed by atoms with Gasteiger partial charge in [-0.3, -0.25) is 0 Å². The molecule has 25 heavy (non-hydrogen) atoms. The van der Waals surface area contributed by atoms with Crippen LogP contribution in [0.2, 0.25) is 0 Å². The first-order valence-corrected chi connectivity index (χ1v) is 9.21. The van der Waals surface area contributed by atoms with E-state index in [1.165, 1.54) is 11.4 Å². The fourth-order valence-corrected chi connectivity index (χ4v) is 3.93. The van der Waals surface area contributed by atoms with E-state index in [1.807, 2.05) is 49.3 Å². The minimum Gasteiger partial charge on any atom is -0.495 e. The smallest absolute Gasteiger partial charge is 0.247 e. The summed E-state index contributed by atoms with van der Waals surface area (Å²) < 4.78 is 33.1. The minimum absolute atomic E-state index is 0. The highest BCUT2D eigenvalue weighted by atomic mass is 35.5. The SMILES string of the molecule is COc1ccccc1S(=O)(=O)N(CCN(C)C)Cc1ccccc1.Cl. The molecule has 0 amide bonds. The molecule has 0 aliphatic rings. The highest BCUT2D eigenvalue weighted by molar-refractivity contribution is 7.89. The molecule has 0 bridgehead atoms. The average Bonchev–Trinajstić information content (AvgIpc) is 2.59. The minimum atomic E-state index is -3.66. The third-order valence-electron chi connectivity index (χ3n) is 3.69. The van der Waals surface area contributed by atoms with Crippen molar-refractivity contribution in [1.29, 1.82) is 0 Å². The lowest BCUT2D eigenvalue weighted by molar-refractivity contribution is 0.327. The lowest BCUT2D eigenvalue weighted by Gasteiger charge is -2.24.